The summed E-state index contributed by atoms with van der Waals surface area (Å²) >= 11 is 0. The van der Waals surface area contributed by atoms with E-state index in [1.54, 1.807) is 21.9 Å². The van der Waals surface area contributed by atoms with Gasteiger partial charge in [0.1, 0.15) is 5.54 Å². The Balaban J connectivity index is 1.52. The molecule has 2 aliphatic heterocycles. The second-order valence-electron chi connectivity index (χ2n) is 10.2. The van der Waals surface area contributed by atoms with Gasteiger partial charge in [0.2, 0.25) is 18.6 Å². The van der Waals surface area contributed by atoms with Crippen molar-refractivity contribution < 1.29 is 23.9 Å². The number of aryl methyl sites for hydroxylation is 1. The molecule has 39 heavy (non-hydrogen) atoms. The second-order valence-corrected chi connectivity index (χ2v) is 10.2. The number of nitrogens with zero attached hydrogens (tertiary/aromatic N) is 2. The average molecular weight is 528 g/mol. The van der Waals surface area contributed by atoms with Gasteiger partial charge in [-0.05, 0) is 55.2 Å². The van der Waals surface area contributed by atoms with Crippen LogP contribution in [-0.4, -0.2) is 52.9 Å². The number of fused-ring (bicyclic) bond motifs is 1. The van der Waals surface area contributed by atoms with E-state index in [2.05, 4.69) is 5.32 Å². The molecule has 202 valence electrons. The van der Waals surface area contributed by atoms with Crippen LogP contribution in [0, 0.1) is 6.92 Å². The van der Waals surface area contributed by atoms with Gasteiger partial charge in [-0.1, -0.05) is 54.1 Å². The minimum Gasteiger partial charge on any atom is -0.454 e. The zero-order valence-electron chi connectivity index (χ0n) is 22.3. The minimum absolute atomic E-state index is 0.0412. The van der Waals surface area contributed by atoms with E-state index in [9.17, 15) is 14.4 Å². The van der Waals surface area contributed by atoms with E-state index in [0.717, 1.165) is 16.7 Å². The van der Waals surface area contributed by atoms with Crippen LogP contribution >= 0.6 is 0 Å². The summed E-state index contributed by atoms with van der Waals surface area (Å²) in [7, 11) is 0. The first-order valence-electron chi connectivity index (χ1n) is 13.2. The normalized spacial score (nSPS) is 15.5. The molecule has 0 atom stereocenters. The Bertz CT molecular complexity index is 1350. The number of benzene rings is 3. The van der Waals surface area contributed by atoms with Crippen LogP contribution in [0.15, 0.2) is 72.8 Å². The van der Waals surface area contributed by atoms with Crippen molar-refractivity contribution in [2.75, 3.05) is 19.9 Å². The van der Waals surface area contributed by atoms with Gasteiger partial charge >= 0.3 is 0 Å². The molecular formula is C31H33N3O5. The van der Waals surface area contributed by atoms with E-state index in [0.29, 0.717) is 49.5 Å². The Morgan fingerprint density at radius 3 is 2.28 bits per heavy atom. The average Bonchev–Trinajstić information content (AvgIpc) is 3.43. The molecular weight excluding hydrogens is 494 g/mol. The van der Waals surface area contributed by atoms with Crippen LogP contribution in [0.5, 0.6) is 11.5 Å². The summed E-state index contributed by atoms with van der Waals surface area (Å²) in [4.78, 5) is 43.9. The lowest BCUT2D eigenvalue weighted by Crippen LogP contribution is -2.64. The number of rotatable bonds is 7. The fraction of sp³-hybridized carbons (Fsp3) is 0.323. The molecule has 0 bridgehead atoms. The first-order valence-corrected chi connectivity index (χ1v) is 13.2. The van der Waals surface area contributed by atoms with Gasteiger partial charge in [-0.15, -0.1) is 0 Å². The molecule has 3 aromatic rings. The van der Waals surface area contributed by atoms with Crippen molar-refractivity contribution in [2.45, 2.75) is 45.3 Å². The van der Waals surface area contributed by atoms with Gasteiger partial charge in [0.15, 0.2) is 11.5 Å². The maximum absolute atomic E-state index is 14.2. The summed E-state index contributed by atoms with van der Waals surface area (Å²) < 4.78 is 11.0. The van der Waals surface area contributed by atoms with E-state index in [1.165, 1.54) is 6.92 Å². The molecule has 0 aromatic heterocycles. The maximum Gasteiger partial charge on any atom is 0.255 e. The van der Waals surface area contributed by atoms with Gasteiger partial charge in [-0.25, -0.2) is 0 Å². The number of piperidine rings is 1. The van der Waals surface area contributed by atoms with Crippen LogP contribution in [0.1, 0.15) is 46.8 Å². The van der Waals surface area contributed by atoms with Gasteiger partial charge in [-0.3, -0.25) is 14.4 Å². The number of nitrogens with one attached hydrogen (secondary N) is 1. The van der Waals surface area contributed by atoms with Crippen molar-refractivity contribution in [1.29, 1.82) is 0 Å². The number of carbonyl (C=O) groups excluding carboxylic acids is 3. The molecule has 1 saturated heterocycles. The first-order chi connectivity index (χ1) is 18.9. The third-order valence-corrected chi connectivity index (χ3v) is 7.59. The minimum atomic E-state index is -1.15. The van der Waals surface area contributed by atoms with Crippen LogP contribution < -0.4 is 14.8 Å². The van der Waals surface area contributed by atoms with Crippen LogP contribution in [0.3, 0.4) is 0 Å². The predicted octanol–water partition coefficient (Wildman–Crippen LogP) is 4.06. The van der Waals surface area contributed by atoms with E-state index >= 15 is 0 Å². The van der Waals surface area contributed by atoms with Crippen molar-refractivity contribution in [3.05, 3.63) is 95.1 Å². The molecule has 1 fully saturated rings. The number of hydrogen-bond acceptors (Lipinski definition) is 5. The highest BCUT2D eigenvalue weighted by Crippen LogP contribution is 2.36. The largest absolute Gasteiger partial charge is 0.454 e. The molecule has 0 radical (unpaired) electrons. The summed E-state index contributed by atoms with van der Waals surface area (Å²) in [6, 6.07) is 22.6. The monoisotopic (exact) mass is 527 g/mol. The molecule has 2 aliphatic rings. The number of hydrogen-bond donors (Lipinski definition) is 1. The molecule has 3 aromatic carbocycles. The highest BCUT2D eigenvalue weighted by Gasteiger charge is 2.49. The molecule has 3 amide bonds. The van der Waals surface area contributed by atoms with Gasteiger partial charge in [0.25, 0.3) is 5.91 Å². The Hall–Kier alpha value is -4.33. The van der Waals surface area contributed by atoms with E-state index in [4.69, 9.17) is 9.47 Å². The summed E-state index contributed by atoms with van der Waals surface area (Å²) in [6.45, 7) is 4.95. The van der Waals surface area contributed by atoms with Crippen LogP contribution in [0.25, 0.3) is 0 Å². The molecule has 1 N–H and O–H groups in total. The summed E-state index contributed by atoms with van der Waals surface area (Å²) in [5, 5.41) is 3.10. The molecule has 8 heteroatoms. The predicted molar refractivity (Wildman–Crippen MR) is 146 cm³/mol. The standard InChI is InChI=1S/C31H33N3O5/c1-22-8-11-26(12-9-22)29(36)34(20-25-10-13-27-28(18-25)39-21-38-27)31(14-16-33(17-15-31)23(2)35)30(37)32-19-24-6-4-3-5-7-24/h3-13,18H,14-17,19-21H2,1-2H3,(H,32,37). The molecule has 5 rings (SSSR count). The smallest absolute Gasteiger partial charge is 0.255 e. The maximum atomic E-state index is 14.2. The van der Waals surface area contributed by atoms with Crippen LogP contribution in [-0.2, 0) is 22.7 Å². The van der Waals surface area contributed by atoms with Crippen LogP contribution in [0.4, 0.5) is 0 Å². The van der Waals surface area contributed by atoms with Crippen molar-refractivity contribution in [2.24, 2.45) is 0 Å². The Labute approximate surface area is 228 Å². The molecule has 8 nitrogen and oxygen atoms in total. The third-order valence-electron chi connectivity index (χ3n) is 7.59. The summed E-state index contributed by atoms with van der Waals surface area (Å²) in [5.74, 6) is 0.763. The summed E-state index contributed by atoms with van der Waals surface area (Å²) in [6.07, 6.45) is 0.657. The van der Waals surface area contributed by atoms with E-state index < -0.39 is 5.54 Å². The highest BCUT2D eigenvalue weighted by molar-refractivity contribution is 5.99. The van der Waals surface area contributed by atoms with Crippen LogP contribution in [0.2, 0.25) is 0 Å². The van der Waals surface area contributed by atoms with Crippen molar-refractivity contribution >= 4 is 17.7 Å². The van der Waals surface area contributed by atoms with Gasteiger partial charge in [0, 0.05) is 38.7 Å². The topological polar surface area (TPSA) is 88.2 Å². The lowest BCUT2D eigenvalue weighted by atomic mass is 9.83. The Morgan fingerprint density at radius 1 is 0.897 bits per heavy atom. The molecule has 0 saturated carbocycles. The van der Waals surface area contributed by atoms with Crippen molar-refractivity contribution in [1.82, 2.24) is 15.1 Å². The van der Waals surface area contributed by atoms with Crippen molar-refractivity contribution in [3.63, 3.8) is 0 Å². The third kappa shape index (κ3) is 5.60. The Morgan fingerprint density at radius 2 is 1.59 bits per heavy atom. The van der Waals surface area contributed by atoms with E-state index in [1.807, 2.05) is 67.6 Å². The lowest BCUT2D eigenvalue weighted by molar-refractivity contribution is -0.141. The van der Waals surface area contributed by atoms with E-state index in [-0.39, 0.29) is 31.1 Å². The SMILES string of the molecule is CC(=O)N1CCC(C(=O)NCc2ccccc2)(N(Cc2ccc3c(c2)OCO3)C(=O)c2ccc(C)cc2)CC1. The number of amides is 3. The zero-order valence-corrected chi connectivity index (χ0v) is 22.3. The first kappa shape index (κ1) is 26.3. The summed E-state index contributed by atoms with van der Waals surface area (Å²) in [5.41, 5.74) is 2.18. The molecule has 0 aliphatic carbocycles. The highest BCUT2D eigenvalue weighted by atomic mass is 16.7. The number of ether oxygens (including phenoxy) is 2. The quantitative estimate of drug-likeness (QED) is 0.501. The van der Waals surface area contributed by atoms with Gasteiger partial charge in [-0.2, -0.15) is 0 Å². The fourth-order valence-corrected chi connectivity index (χ4v) is 5.25. The molecule has 0 spiro atoms. The lowest BCUT2D eigenvalue weighted by Gasteiger charge is -2.47. The molecule has 2 heterocycles. The Kier molecular flexibility index (Phi) is 7.54. The van der Waals surface area contributed by atoms with Gasteiger partial charge in [0.05, 0.1) is 0 Å². The molecule has 0 unspecified atom stereocenters. The van der Waals surface area contributed by atoms with Gasteiger partial charge < -0.3 is 24.6 Å². The zero-order chi connectivity index (χ0) is 27.4. The number of likely N-dealkylation sites (tertiary alicyclic amines) is 1. The number of carbonyl (C=O) groups is 3. The van der Waals surface area contributed by atoms with Crippen molar-refractivity contribution in [3.8, 4) is 11.5 Å². The second kappa shape index (κ2) is 11.2. The fourth-order valence-electron chi connectivity index (χ4n) is 5.25.